The number of hydrogen-bond acceptors (Lipinski definition) is 8. The van der Waals surface area contributed by atoms with Crippen LogP contribution in [0.1, 0.15) is 42.4 Å². The molecule has 4 heterocycles. The van der Waals surface area contributed by atoms with Crippen molar-refractivity contribution in [2.24, 2.45) is 11.7 Å². The maximum absolute atomic E-state index is 15.0. The molecule has 5 rings (SSSR count). The number of ether oxygens (including phenoxy) is 1. The Balaban J connectivity index is 1.50. The van der Waals surface area contributed by atoms with Crippen LogP contribution in [-0.4, -0.2) is 57.9 Å². The summed E-state index contributed by atoms with van der Waals surface area (Å²) in [6.07, 6.45) is 1.29. The SMILES string of the molecule is C[C@H]1CN(c2c(NC(=O)c3ccc(F)c(-c4c(F)cc(C(C)(C)O)cc4F)n3)cnc3c2CCO3)C[C@@H](N)[C@@H]1O. The Morgan fingerprint density at radius 2 is 1.88 bits per heavy atom. The molecular weight excluding hydrogens is 527 g/mol. The molecule has 0 bridgehead atoms. The molecule has 1 aromatic carbocycles. The lowest BCUT2D eigenvalue weighted by Gasteiger charge is -2.41. The smallest absolute Gasteiger partial charge is 0.274 e. The molecule has 40 heavy (non-hydrogen) atoms. The lowest BCUT2D eigenvalue weighted by Crippen LogP contribution is -2.56. The average molecular weight is 558 g/mol. The van der Waals surface area contributed by atoms with Crippen LogP contribution in [0.25, 0.3) is 11.3 Å². The normalized spacial score (nSPS) is 20.7. The highest BCUT2D eigenvalue weighted by Gasteiger charge is 2.35. The number of nitrogens with two attached hydrogens (primary N) is 1. The number of fused-ring (bicyclic) bond motifs is 1. The monoisotopic (exact) mass is 557 g/mol. The standard InChI is InChI=1S/C28H30F3N5O4/c1-13-11-36(12-19(32)25(13)37)24-15-6-7-40-27(15)33-10-21(24)35-26(38)20-5-4-16(29)23(34-20)22-17(30)8-14(9-18(22)31)28(2,3)39/h4-5,8-10,13,19,25,37,39H,6-7,11-12,32H2,1-3H3,(H,35,38)/t13-,19+,25+/m0/s1. The summed E-state index contributed by atoms with van der Waals surface area (Å²) in [7, 11) is 0. The number of benzene rings is 1. The van der Waals surface area contributed by atoms with Gasteiger partial charge in [-0.3, -0.25) is 4.79 Å². The molecule has 0 aliphatic carbocycles. The van der Waals surface area contributed by atoms with Gasteiger partial charge in [0.25, 0.3) is 5.91 Å². The summed E-state index contributed by atoms with van der Waals surface area (Å²) in [5.41, 5.74) is 4.62. The molecule has 0 radical (unpaired) electrons. The van der Waals surface area contributed by atoms with E-state index < -0.39 is 52.4 Å². The maximum Gasteiger partial charge on any atom is 0.274 e. The second kappa shape index (κ2) is 10.3. The van der Waals surface area contributed by atoms with Crippen LogP contribution in [0.15, 0.2) is 30.5 Å². The van der Waals surface area contributed by atoms with E-state index in [4.69, 9.17) is 10.5 Å². The van der Waals surface area contributed by atoms with Gasteiger partial charge in [-0.25, -0.2) is 23.1 Å². The second-order valence-corrected chi connectivity index (χ2v) is 10.8. The van der Waals surface area contributed by atoms with Crippen molar-refractivity contribution in [1.29, 1.82) is 0 Å². The lowest BCUT2D eigenvalue weighted by atomic mass is 9.92. The van der Waals surface area contributed by atoms with E-state index in [2.05, 4.69) is 15.3 Å². The molecule has 2 aliphatic rings. The van der Waals surface area contributed by atoms with E-state index in [0.29, 0.717) is 43.4 Å². The Kier molecular flexibility index (Phi) is 7.19. The first-order valence-electron chi connectivity index (χ1n) is 12.9. The number of carbonyl (C=O) groups is 1. The molecule has 0 saturated carbocycles. The van der Waals surface area contributed by atoms with E-state index in [1.54, 1.807) is 0 Å². The first-order valence-corrected chi connectivity index (χ1v) is 12.9. The first kappa shape index (κ1) is 27.8. The topological polar surface area (TPSA) is 134 Å². The van der Waals surface area contributed by atoms with E-state index >= 15 is 0 Å². The minimum absolute atomic E-state index is 0.0413. The van der Waals surface area contributed by atoms with Gasteiger partial charge < -0.3 is 30.9 Å². The van der Waals surface area contributed by atoms with E-state index in [9.17, 15) is 28.2 Å². The number of halogens is 3. The number of amides is 1. The lowest BCUT2D eigenvalue weighted by molar-refractivity contribution is 0.0778. The Bertz CT molecular complexity index is 1440. The quantitative estimate of drug-likeness (QED) is 0.376. The number of piperidine rings is 1. The Labute approximate surface area is 228 Å². The third kappa shape index (κ3) is 5.09. The fraction of sp³-hybridized carbons (Fsp3) is 0.393. The molecule has 1 amide bonds. The highest BCUT2D eigenvalue weighted by atomic mass is 19.1. The van der Waals surface area contributed by atoms with E-state index in [-0.39, 0.29) is 17.2 Å². The molecule has 9 nitrogen and oxygen atoms in total. The Morgan fingerprint density at radius 1 is 1.18 bits per heavy atom. The third-order valence-electron chi connectivity index (χ3n) is 7.29. The fourth-order valence-corrected chi connectivity index (χ4v) is 5.16. The zero-order valence-corrected chi connectivity index (χ0v) is 22.2. The van der Waals surface area contributed by atoms with Crippen LogP contribution in [0.3, 0.4) is 0 Å². The summed E-state index contributed by atoms with van der Waals surface area (Å²) in [6.45, 7) is 5.80. The largest absolute Gasteiger partial charge is 0.477 e. The summed E-state index contributed by atoms with van der Waals surface area (Å²) in [5.74, 6) is -3.77. The third-order valence-corrected chi connectivity index (χ3v) is 7.29. The number of aliphatic hydroxyl groups is 2. The number of anilines is 2. The van der Waals surface area contributed by atoms with Crippen molar-refractivity contribution >= 4 is 17.3 Å². The van der Waals surface area contributed by atoms with E-state index in [1.807, 2.05) is 11.8 Å². The summed E-state index contributed by atoms with van der Waals surface area (Å²) in [5, 5.41) is 23.2. The minimum Gasteiger partial charge on any atom is -0.477 e. The zero-order valence-electron chi connectivity index (χ0n) is 22.2. The molecule has 0 spiro atoms. The number of aromatic nitrogens is 2. The van der Waals surface area contributed by atoms with Crippen LogP contribution in [0, 0.1) is 23.4 Å². The van der Waals surface area contributed by atoms with Crippen molar-refractivity contribution in [1.82, 2.24) is 9.97 Å². The predicted octanol–water partition coefficient (Wildman–Crippen LogP) is 3.12. The number of nitrogens with one attached hydrogen (secondary N) is 1. The van der Waals surface area contributed by atoms with Crippen LogP contribution in [-0.2, 0) is 12.0 Å². The number of carbonyl (C=O) groups excluding carboxylic acids is 1. The Morgan fingerprint density at radius 3 is 2.52 bits per heavy atom. The van der Waals surface area contributed by atoms with Crippen LogP contribution in [0.2, 0.25) is 0 Å². The van der Waals surface area contributed by atoms with Crippen LogP contribution >= 0.6 is 0 Å². The number of pyridine rings is 2. The highest BCUT2D eigenvalue weighted by molar-refractivity contribution is 6.05. The maximum atomic E-state index is 15.0. The van der Waals surface area contributed by atoms with Gasteiger partial charge >= 0.3 is 0 Å². The summed E-state index contributed by atoms with van der Waals surface area (Å²) in [6, 6.07) is 3.29. The Hall–Kier alpha value is -3.74. The minimum atomic E-state index is -1.53. The van der Waals surface area contributed by atoms with Gasteiger partial charge in [0.1, 0.15) is 28.8 Å². The number of hydrogen-bond donors (Lipinski definition) is 4. The van der Waals surface area contributed by atoms with Crippen LogP contribution < -0.4 is 20.7 Å². The van der Waals surface area contributed by atoms with Crippen molar-refractivity contribution in [3.05, 3.63) is 64.7 Å². The van der Waals surface area contributed by atoms with E-state index in [0.717, 1.165) is 29.8 Å². The predicted molar refractivity (Wildman–Crippen MR) is 142 cm³/mol. The van der Waals surface area contributed by atoms with Gasteiger partial charge in [-0.05, 0) is 43.7 Å². The highest BCUT2D eigenvalue weighted by Crippen LogP contribution is 2.40. The molecule has 5 N–H and O–H groups in total. The van der Waals surface area contributed by atoms with Crippen molar-refractivity contribution in [3.8, 4) is 17.1 Å². The van der Waals surface area contributed by atoms with Crippen molar-refractivity contribution in [2.75, 3.05) is 29.9 Å². The molecule has 3 aromatic rings. The first-order chi connectivity index (χ1) is 18.8. The van der Waals surface area contributed by atoms with Gasteiger partial charge in [0.05, 0.1) is 41.4 Å². The molecule has 0 unspecified atom stereocenters. The van der Waals surface area contributed by atoms with Crippen molar-refractivity contribution in [3.63, 3.8) is 0 Å². The van der Waals surface area contributed by atoms with Crippen molar-refractivity contribution < 1.29 is 32.9 Å². The molecule has 2 aromatic heterocycles. The van der Waals surface area contributed by atoms with Gasteiger partial charge in [0, 0.05) is 37.0 Å². The van der Waals surface area contributed by atoms with Crippen molar-refractivity contribution in [2.45, 2.75) is 44.9 Å². The second-order valence-electron chi connectivity index (χ2n) is 10.8. The molecule has 212 valence electrons. The van der Waals surface area contributed by atoms with Crippen LogP contribution in [0.4, 0.5) is 24.5 Å². The fourth-order valence-electron chi connectivity index (χ4n) is 5.16. The molecule has 2 aliphatic heterocycles. The summed E-state index contributed by atoms with van der Waals surface area (Å²) in [4.78, 5) is 23.5. The zero-order chi connectivity index (χ0) is 28.9. The molecule has 12 heteroatoms. The number of nitrogens with zero attached hydrogens (tertiary/aromatic N) is 3. The van der Waals surface area contributed by atoms with Gasteiger partial charge in [0.15, 0.2) is 0 Å². The number of rotatable bonds is 5. The van der Waals surface area contributed by atoms with Crippen LogP contribution in [0.5, 0.6) is 5.88 Å². The van der Waals surface area contributed by atoms with Gasteiger partial charge in [-0.2, -0.15) is 0 Å². The number of aliphatic hydroxyl groups excluding tert-OH is 1. The molecule has 1 saturated heterocycles. The van der Waals surface area contributed by atoms with E-state index in [1.165, 1.54) is 20.0 Å². The average Bonchev–Trinajstić information content (AvgIpc) is 3.35. The summed E-state index contributed by atoms with van der Waals surface area (Å²) >= 11 is 0. The molecule has 3 atom stereocenters. The molecule has 1 fully saturated rings. The molecular formula is C28H30F3N5O4. The van der Waals surface area contributed by atoms with Gasteiger partial charge in [-0.15, -0.1) is 0 Å². The van der Waals surface area contributed by atoms with Gasteiger partial charge in [-0.1, -0.05) is 6.92 Å². The van der Waals surface area contributed by atoms with Gasteiger partial charge in [0.2, 0.25) is 5.88 Å². The summed E-state index contributed by atoms with van der Waals surface area (Å²) < 4.78 is 50.3.